The number of hydrogen-bond donors (Lipinski definition) is 2. The summed E-state index contributed by atoms with van der Waals surface area (Å²) >= 11 is 0. The monoisotopic (exact) mass is 251 g/mol. The van der Waals surface area contributed by atoms with Crippen LogP contribution in [0.1, 0.15) is 46.4 Å². The zero-order valence-corrected chi connectivity index (χ0v) is 12.0. The Morgan fingerprint density at radius 3 is 2.39 bits per heavy atom. The molecule has 2 rings (SSSR count). The second-order valence-corrected chi connectivity index (χ2v) is 6.74. The number of piperidine rings is 1. The lowest BCUT2D eigenvalue weighted by Crippen LogP contribution is -2.42. The maximum atomic E-state index is 5.83. The molecule has 0 aliphatic carbocycles. The first-order valence-electron chi connectivity index (χ1n) is 6.72. The van der Waals surface area contributed by atoms with Gasteiger partial charge < -0.3 is 10.6 Å². The molecular formula is C13H25N5. The smallest absolute Gasteiger partial charge is 0.244 e. The van der Waals surface area contributed by atoms with Gasteiger partial charge in [-0.3, -0.25) is 5.10 Å². The van der Waals surface area contributed by atoms with Gasteiger partial charge in [0.1, 0.15) is 5.82 Å². The number of aromatic amines is 1. The molecule has 1 aromatic heterocycles. The number of nitrogens with one attached hydrogen (secondary N) is 1. The van der Waals surface area contributed by atoms with Crippen LogP contribution in [0.3, 0.4) is 0 Å². The fraction of sp³-hybridized carbons (Fsp3) is 0.846. The minimum Gasteiger partial charge on any atom is -0.340 e. The van der Waals surface area contributed by atoms with Gasteiger partial charge in [-0.05, 0) is 24.8 Å². The molecule has 5 heteroatoms. The van der Waals surface area contributed by atoms with Crippen molar-refractivity contribution in [1.82, 2.24) is 15.2 Å². The van der Waals surface area contributed by atoms with Crippen molar-refractivity contribution < 1.29 is 0 Å². The number of H-pyrrole nitrogens is 1. The van der Waals surface area contributed by atoms with E-state index in [-0.39, 0.29) is 5.41 Å². The van der Waals surface area contributed by atoms with E-state index in [1.54, 1.807) is 0 Å². The number of nitrogens with zero attached hydrogens (tertiary/aromatic N) is 3. The van der Waals surface area contributed by atoms with E-state index in [4.69, 9.17) is 5.73 Å². The van der Waals surface area contributed by atoms with Gasteiger partial charge in [-0.25, -0.2) is 0 Å². The van der Waals surface area contributed by atoms with E-state index in [0.29, 0.717) is 5.41 Å². The maximum absolute atomic E-state index is 5.83. The molecule has 0 radical (unpaired) electrons. The lowest BCUT2D eigenvalue weighted by molar-refractivity contribution is 0.257. The van der Waals surface area contributed by atoms with Crippen LogP contribution < -0.4 is 10.6 Å². The summed E-state index contributed by atoms with van der Waals surface area (Å²) in [5.41, 5.74) is 6.14. The highest BCUT2D eigenvalue weighted by atomic mass is 15.4. The van der Waals surface area contributed by atoms with Gasteiger partial charge in [0.2, 0.25) is 5.95 Å². The van der Waals surface area contributed by atoms with E-state index >= 15 is 0 Å². The van der Waals surface area contributed by atoms with Crippen molar-refractivity contribution in [2.24, 2.45) is 11.1 Å². The van der Waals surface area contributed by atoms with Gasteiger partial charge in [-0.2, -0.15) is 4.98 Å². The van der Waals surface area contributed by atoms with E-state index < -0.39 is 0 Å². The Balaban J connectivity index is 2.04. The standard InChI is InChI=1S/C13H25N5/c1-12(2,3)10-15-11(17-16-10)18-7-5-13(4,9-14)6-8-18/h5-9,14H2,1-4H3,(H,15,16,17). The molecule has 3 N–H and O–H groups in total. The van der Waals surface area contributed by atoms with Crippen molar-refractivity contribution in [1.29, 1.82) is 0 Å². The van der Waals surface area contributed by atoms with Crippen LogP contribution >= 0.6 is 0 Å². The first-order valence-corrected chi connectivity index (χ1v) is 6.72. The maximum Gasteiger partial charge on any atom is 0.244 e. The SMILES string of the molecule is CC1(CN)CCN(c2n[nH]c(C(C)(C)C)n2)CC1. The summed E-state index contributed by atoms with van der Waals surface area (Å²) in [5, 5.41) is 7.39. The third-order valence-electron chi connectivity index (χ3n) is 3.93. The fourth-order valence-electron chi connectivity index (χ4n) is 2.18. The van der Waals surface area contributed by atoms with Crippen LogP contribution in [0.2, 0.25) is 0 Å². The van der Waals surface area contributed by atoms with Gasteiger partial charge in [-0.1, -0.05) is 27.7 Å². The van der Waals surface area contributed by atoms with Crippen LogP contribution in [0.5, 0.6) is 0 Å². The molecule has 102 valence electrons. The summed E-state index contributed by atoms with van der Waals surface area (Å²) in [4.78, 5) is 6.86. The molecule has 18 heavy (non-hydrogen) atoms. The predicted octanol–water partition coefficient (Wildman–Crippen LogP) is 1.67. The van der Waals surface area contributed by atoms with Gasteiger partial charge in [0.05, 0.1) is 0 Å². The van der Waals surface area contributed by atoms with Crippen molar-refractivity contribution in [2.45, 2.75) is 46.0 Å². The molecule has 0 amide bonds. The van der Waals surface area contributed by atoms with E-state index in [2.05, 4.69) is 47.8 Å². The molecule has 0 atom stereocenters. The fourth-order valence-corrected chi connectivity index (χ4v) is 2.18. The lowest BCUT2D eigenvalue weighted by Gasteiger charge is -2.38. The molecule has 2 heterocycles. The number of hydrogen-bond acceptors (Lipinski definition) is 4. The first kappa shape index (κ1) is 13.3. The molecule has 0 aromatic carbocycles. The minimum atomic E-state index is 0.0206. The highest BCUT2D eigenvalue weighted by Gasteiger charge is 2.30. The van der Waals surface area contributed by atoms with Gasteiger partial charge >= 0.3 is 0 Å². The highest BCUT2D eigenvalue weighted by Crippen LogP contribution is 2.31. The molecule has 0 unspecified atom stereocenters. The normalized spacial score (nSPS) is 20.2. The van der Waals surface area contributed by atoms with Gasteiger partial charge in [-0.15, -0.1) is 5.10 Å². The predicted molar refractivity (Wildman–Crippen MR) is 73.7 cm³/mol. The molecule has 5 nitrogen and oxygen atoms in total. The van der Waals surface area contributed by atoms with Crippen LogP contribution in [-0.4, -0.2) is 34.8 Å². The van der Waals surface area contributed by atoms with Crippen molar-refractivity contribution in [2.75, 3.05) is 24.5 Å². The average molecular weight is 251 g/mol. The molecular weight excluding hydrogens is 226 g/mol. The number of anilines is 1. The van der Waals surface area contributed by atoms with Crippen LogP contribution in [0, 0.1) is 5.41 Å². The minimum absolute atomic E-state index is 0.0206. The second kappa shape index (κ2) is 4.53. The number of rotatable bonds is 2. The largest absolute Gasteiger partial charge is 0.340 e. The van der Waals surface area contributed by atoms with Gasteiger partial charge in [0, 0.05) is 18.5 Å². The molecule has 0 saturated carbocycles. The third-order valence-corrected chi connectivity index (χ3v) is 3.93. The summed E-state index contributed by atoms with van der Waals surface area (Å²) in [5.74, 6) is 1.78. The van der Waals surface area contributed by atoms with Crippen molar-refractivity contribution >= 4 is 5.95 Å². The second-order valence-electron chi connectivity index (χ2n) is 6.74. The number of nitrogens with two attached hydrogens (primary N) is 1. The topological polar surface area (TPSA) is 70.8 Å². The lowest BCUT2D eigenvalue weighted by atomic mass is 9.81. The van der Waals surface area contributed by atoms with Crippen molar-refractivity contribution in [3.8, 4) is 0 Å². The van der Waals surface area contributed by atoms with E-state index in [9.17, 15) is 0 Å². The van der Waals surface area contributed by atoms with Crippen molar-refractivity contribution in [3.05, 3.63) is 5.82 Å². The Morgan fingerprint density at radius 2 is 1.94 bits per heavy atom. The van der Waals surface area contributed by atoms with Crippen LogP contribution in [0.4, 0.5) is 5.95 Å². The highest BCUT2D eigenvalue weighted by molar-refractivity contribution is 5.30. The summed E-state index contributed by atoms with van der Waals surface area (Å²) in [6.45, 7) is 11.4. The number of aromatic nitrogens is 3. The Hall–Kier alpha value is -1.10. The molecule has 1 saturated heterocycles. The first-order chi connectivity index (χ1) is 8.34. The van der Waals surface area contributed by atoms with Crippen molar-refractivity contribution in [3.63, 3.8) is 0 Å². The molecule has 0 bridgehead atoms. The third kappa shape index (κ3) is 2.66. The van der Waals surface area contributed by atoms with E-state index in [1.807, 2.05) is 0 Å². The van der Waals surface area contributed by atoms with Gasteiger partial charge in [0.15, 0.2) is 0 Å². The zero-order valence-electron chi connectivity index (χ0n) is 12.0. The summed E-state index contributed by atoms with van der Waals surface area (Å²) < 4.78 is 0. The van der Waals surface area contributed by atoms with Gasteiger partial charge in [0.25, 0.3) is 0 Å². The molecule has 1 aliphatic heterocycles. The Labute approximate surface area is 109 Å². The average Bonchev–Trinajstić information content (AvgIpc) is 2.79. The van der Waals surface area contributed by atoms with Crippen LogP contribution in [0.15, 0.2) is 0 Å². The Bertz CT molecular complexity index is 396. The van der Waals surface area contributed by atoms with E-state index in [0.717, 1.165) is 44.2 Å². The molecule has 1 fully saturated rings. The quantitative estimate of drug-likeness (QED) is 0.838. The molecule has 1 aliphatic rings. The summed E-state index contributed by atoms with van der Waals surface area (Å²) in [6, 6.07) is 0. The Morgan fingerprint density at radius 1 is 1.33 bits per heavy atom. The summed E-state index contributed by atoms with van der Waals surface area (Å²) in [7, 11) is 0. The van der Waals surface area contributed by atoms with Crippen LogP contribution in [-0.2, 0) is 5.41 Å². The zero-order chi connectivity index (χ0) is 13.4. The molecule has 1 aromatic rings. The van der Waals surface area contributed by atoms with E-state index in [1.165, 1.54) is 0 Å². The Kier molecular flexibility index (Phi) is 3.36. The molecule has 0 spiro atoms. The van der Waals surface area contributed by atoms with Crippen LogP contribution in [0.25, 0.3) is 0 Å². The summed E-state index contributed by atoms with van der Waals surface area (Å²) in [6.07, 6.45) is 2.23.